The lowest BCUT2D eigenvalue weighted by Crippen LogP contribution is -2.30. The van der Waals surface area contributed by atoms with Crippen LogP contribution in [0.4, 0.5) is 17.1 Å². The molecule has 0 spiro atoms. The predicted molar refractivity (Wildman–Crippen MR) is 383 cm³/mol. The molecule has 3 unspecified atom stereocenters. The molecule has 1 aliphatic carbocycles. The summed E-state index contributed by atoms with van der Waals surface area (Å²) in [7, 11) is 0. The fourth-order valence-corrected chi connectivity index (χ4v) is 14.2. The molecule has 1 heterocycles. The fourth-order valence-electron chi connectivity index (χ4n) is 14.2. The Hall–Kier alpha value is -10.5. The second kappa shape index (κ2) is 24.6. The van der Waals surface area contributed by atoms with Gasteiger partial charge in [-0.15, -0.1) is 0 Å². The van der Waals surface area contributed by atoms with Gasteiger partial charge in [0.1, 0.15) is 5.75 Å². The quantitative estimate of drug-likeness (QED) is 0.0803. The zero-order valence-corrected chi connectivity index (χ0v) is 51.9. The first kappa shape index (κ1) is 57.3. The molecule has 0 N–H and O–H groups in total. The molecule has 3 nitrogen and oxygen atoms in total. The van der Waals surface area contributed by atoms with Crippen molar-refractivity contribution in [2.75, 3.05) is 11.5 Å². The van der Waals surface area contributed by atoms with Crippen LogP contribution in [-0.2, 0) is 5.41 Å². The Kier molecular flexibility index (Phi) is 15.6. The van der Waals surface area contributed by atoms with E-state index in [4.69, 9.17) is 4.74 Å². The molecule has 438 valence electrons. The highest BCUT2D eigenvalue weighted by Gasteiger charge is 2.45. The van der Waals surface area contributed by atoms with Crippen LogP contribution in [0.25, 0.3) is 95.3 Å². The average molecular weight is 1160 g/mol. The third-order valence-electron chi connectivity index (χ3n) is 18.9. The van der Waals surface area contributed by atoms with Crippen molar-refractivity contribution in [3.63, 3.8) is 0 Å². The van der Waals surface area contributed by atoms with Crippen molar-refractivity contribution in [1.82, 2.24) is 4.57 Å². The SMILES string of the molecule is C=Cc1ccc(OCC(C)CCC(C)CC2(c3ccccc3)c3ccccc3-c3ccc(N(c4ccc(-c5ccccc5)cc4)c4ccc(-c5cc(C)c(-c6ccc7c(c6)c6cc(-c8ccc(C=C)cc8)ccc6n7-c6ccccc6)cc5C)cc4)cc32)cc1. The summed E-state index contributed by atoms with van der Waals surface area (Å²) in [5.41, 5.74) is 27.5. The first-order valence-electron chi connectivity index (χ1n) is 31.8. The smallest absolute Gasteiger partial charge is 0.119 e. The van der Waals surface area contributed by atoms with Gasteiger partial charge in [0.05, 0.1) is 17.6 Å². The Balaban J connectivity index is 0.814. The van der Waals surface area contributed by atoms with E-state index in [-0.39, 0.29) is 5.41 Å². The predicted octanol–water partition coefficient (Wildman–Crippen LogP) is 23.7. The highest BCUT2D eigenvalue weighted by molar-refractivity contribution is 6.12. The minimum atomic E-state index is -0.376. The number of hydrogen-bond acceptors (Lipinski definition) is 2. The normalized spacial score (nSPS) is 14.0. The lowest BCUT2D eigenvalue weighted by molar-refractivity contribution is 0.240. The average Bonchev–Trinajstić information content (AvgIpc) is 1.56. The van der Waals surface area contributed by atoms with E-state index in [2.05, 4.69) is 317 Å². The summed E-state index contributed by atoms with van der Waals surface area (Å²) in [6.45, 7) is 17.9. The van der Waals surface area contributed by atoms with Crippen LogP contribution in [0.5, 0.6) is 5.75 Å². The second-order valence-electron chi connectivity index (χ2n) is 24.9. The highest BCUT2D eigenvalue weighted by atomic mass is 16.5. The standard InChI is InChI=1S/C87H74N2O/c1-7-63-30-34-67(35-31-63)69-40-50-85-81(54-69)82-55-70(41-51-86(82)89(85)72-24-16-11-17-25-72)80-53-61(5)79(52-62(80)6)68-38-44-74(45-39-68)88(73-42-36-66(37-43-73)65-20-12-9-13-21-65)75-46-49-78-77-26-18-19-27-83(77)87(84(78)56-75,71-22-14-10-15-23-71)57-59(3)28-29-60(4)58-90-76-47-32-64(8-2)33-48-76/h7-27,30-56,59-60H,1-2,28-29,57-58H2,3-6H3. The summed E-state index contributed by atoms with van der Waals surface area (Å²) in [5, 5.41) is 2.46. The van der Waals surface area contributed by atoms with Gasteiger partial charge in [-0.05, 0) is 218 Å². The number of benzene rings is 12. The van der Waals surface area contributed by atoms with Crippen LogP contribution in [0.15, 0.2) is 292 Å². The van der Waals surface area contributed by atoms with Crippen LogP contribution in [0.2, 0.25) is 0 Å². The Morgan fingerprint density at radius 1 is 0.411 bits per heavy atom. The monoisotopic (exact) mass is 1160 g/mol. The van der Waals surface area contributed by atoms with Crippen LogP contribution in [0.1, 0.15) is 72.1 Å². The van der Waals surface area contributed by atoms with E-state index in [0.717, 1.165) is 58.9 Å². The lowest BCUT2D eigenvalue weighted by atomic mass is 9.67. The minimum Gasteiger partial charge on any atom is -0.493 e. The second-order valence-corrected chi connectivity index (χ2v) is 24.9. The van der Waals surface area contributed by atoms with Crippen molar-refractivity contribution in [3.05, 3.63) is 331 Å². The van der Waals surface area contributed by atoms with Crippen LogP contribution in [0.3, 0.4) is 0 Å². The first-order chi connectivity index (χ1) is 44.1. The number of fused-ring (bicyclic) bond motifs is 6. The molecule has 3 heteroatoms. The molecule has 0 amide bonds. The molecule has 14 rings (SSSR count). The van der Waals surface area contributed by atoms with Gasteiger partial charge in [0.15, 0.2) is 0 Å². The van der Waals surface area contributed by atoms with Crippen molar-refractivity contribution >= 4 is 51.0 Å². The minimum absolute atomic E-state index is 0.376. The van der Waals surface area contributed by atoms with Gasteiger partial charge in [0.25, 0.3) is 0 Å². The van der Waals surface area contributed by atoms with E-state index < -0.39 is 0 Å². The first-order valence-corrected chi connectivity index (χ1v) is 31.8. The maximum atomic E-state index is 6.32. The molecule has 12 aromatic carbocycles. The number of anilines is 3. The van der Waals surface area contributed by atoms with Gasteiger partial charge >= 0.3 is 0 Å². The van der Waals surface area contributed by atoms with Crippen molar-refractivity contribution in [1.29, 1.82) is 0 Å². The Labute approximate surface area is 531 Å². The third-order valence-corrected chi connectivity index (χ3v) is 18.9. The van der Waals surface area contributed by atoms with E-state index >= 15 is 0 Å². The Bertz CT molecular complexity index is 4730. The molecule has 0 aliphatic heterocycles. The molecule has 1 aliphatic rings. The molecular formula is C87H74N2O. The van der Waals surface area contributed by atoms with Gasteiger partial charge in [0, 0.05) is 38.9 Å². The lowest BCUT2D eigenvalue weighted by Gasteiger charge is -2.36. The number of hydrogen-bond donors (Lipinski definition) is 0. The van der Waals surface area contributed by atoms with Gasteiger partial charge in [-0.3, -0.25) is 0 Å². The number of para-hydroxylation sites is 1. The third kappa shape index (κ3) is 10.9. The molecule has 13 aromatic rings. The van der Waals surface area contributed by atoms with E-state index in [9.17, 15) is 0 Å². The fraction of sp³-hybridized carbons (Fsp3) is 0.126. The summed E-state index contributed by atoms with van der Waals surface area (Å²) in [5.74, 6) is 1.72. The van der Waals surface area contributed by atoms with Gasteiger partial charge in [-0.1, -0.05) is 240 Å². The molecule has 0 saturated heterocycles. The summed E-state index contributed by atoms with van der Waals surface area (Å²) >= 11 is 0. The van der Waals surface area contributed by atoms with Gasteiger partial charge in [-0.2, -0.15) is 0 Å². The number of aromatic nitrogens is 1. The summed E-state index contributed by atoms with van der Waals surface area (Å²) < 4.78 is 8.72. The Morgan fingerprint density at radius 3 is 1.53 bits per heavy atom. The number of ether oxygens (including phenoxy) is 1. The summed E-state index contributed by atoms with van der Waals surface area (Å²) in [6, 6.07) is 103. The maximum Gasteiger partial charge on any atom is 0.119 e. The Morgan fingerprint density at radius 2 is 0.889 bits per heavy atom. The van der Waals surface area contributed by atoms with Crippen molar-refractivity contribution in [2.24, 2.45) is 11.8 Å². The van der Waals surface area contributed by atoms with Gasteiger partial charge in [0.2, 0.25) is 0 Å². The van der Waals surface area contributed by atoms with Gasteiger partial charge < -0.3 is 14.2 Å². The molecule has 90 heavy (non-hydrogen) atoms. The topological polar surface area (TPSA) is 17.4 Å². The van der Waals surface area contributed by atoms with Crippen LogP contribution in [0, 0.1) is 25.7 Å². The highest BCUT2D eigenvalue weighted by Crippen LogP contribution is 2.57. The number of rotatable bonds is 19. The van der Waals surface area contributed by atoms with Crippen molar-refractivity contribution in [2.45, 2.75) is 52.4 Å². The van der Waals surface area contributed by atoms with Crippen LogP contribution < -0.4 is 9.64 Å². The maximum absolute atomic E-state index is 6.32. The van der Waals surface area contributed by atoms with Crippen LogP contribution in [-0.4, -0.2) is 11.2 Å². The summed E-state index contributed by atoms with van der Waals surface area (Å²) in [4.78, 5) is 2.46. The molecule has 3 atom stereocenters. The van der Waals surface area contributed by atoms with E-state index in [1.807, 2.05) is 24.3 Å². The molecular weight excluding hydrogens is 1090 g/mol. The zero-order chi connectivity index (χ0) is 61.3. The molecule has 0 saturated carbocycles. The molecule has 0 radical (unpaired) electrons. The van der Waals surface area contributed by atoms with Gasteiger partial charge in [-0.25, -0.2) is 0 Å². The van der Waals surface area contributed by atoms with E-state index in [1.165, 1.54) is 105 Å². The largest absolute Gasteiger partial charge is 0.493 e. The van der Waals surface area contributed by atoms with Crippen LogP contribution >= 0.6 is 0 Å². The van der Waals surface area contributed by atoms with Crippen molar-refractivity contribution < 1.29 is 4.74 Å². The number of aryl methyl sites for hydroxylation is 2. The zero-order valence-electron chi connectivity index (χ0n) is 51.9. The summed E-state index contributed by atoms with van der Waals surface area (Å²) in [6.07, 6.45) is 6.90. The molecule has 1 aromatic heterocycles. The number of nitrogens with zero attached hydrogens (tertiary/aromatic N) is 2. The molecule has 0 bridgehead atoms. The van der Waals surface area contributed by atoms with E-state index in [0.29, 0.717) is 18.4 Å². The van der Waals surface area contributed by atoms with E-state index in [1.54, 1.807) is 0 Å². The molecule has 0 fully saturated rings. The van der Waals surface area contributed by atoms with Crippen molar-refractivity contribution in [3.8, 4) is 67.1 Å².